The van der Waals surface area contributed by atoms with Gasteiger partial charge >= 0.3 is 0 Å². The average molecular weight is 378 g/mol. The maximum absolute atomic E-state index is 14.1. The summed E-state index contributed by atoms with van der Waals surface area (Å²) < 4.78 is 15.7. The fourth-order valence-corrected chi connectivity index (χ4v) is 4.40. The summed E-state index contributed by atoms with van der Waals surface area (Å²) in [6, 6.07) is 13.0. The van der Waals surface area contributed by atoms with Crippen molar-refractivity contribution in [3.05, 3.63) is 65.1 Å². The molecule has 1 saturated carbocycles. The molecule has 144 valence electrons. The lowest BCUT2D eigenvalue weighted by Crippen LogP contribution is -2.36. The highest BCUT2D eigenvalue weighted by molar-refractivity contribution is 5.64. The van der Waals surface area contributed by atoms with Crippen LogP contribution in [-0.2, 0) is 13.1 Å². The number of hydrogen-bond acceptors (Lipinski definition) is 4. The number of rotatable bonds is 4. The van der Waals surface area contributed by atoms with E-state index in [1.807, 2.05) is 6.92 Å². The molecule has 1 aliphatic carbocycles. The lowest BCUT2D eigenvalue weighted by molar-refractivity contribution is 0.0238. The minimum atomic E-state index is -0.312. The van der Waals surface area contributed by atoms with E-state index in [1.54, 1.807) is 22.9 Å². The largest absolute Gasteiger partial charge is 0.393 e. The van der Waals surface area contributed by atoms with Crippen molar-refractivity contribution in [2.75, 3.05) is 6.54 Å². The Balaban J connectivity index is 1.39. The van der Waals surface area contributed by atoms with Crippen LogP contribution in [0, 0.1) is 18.7 Å². The van der Waals surface area contributed by atoms with Gasteiger partial charge in [0.25, 0.3) is 0 Å². The van der Waals surface area contributed by atoms with Crippen LogP contribution in [0.5, 0.6) is 0 Å². The van der Waals surface area contributed by atoms with Crippen molar-refractivity contribution in [2.45, 2.75) is 39.0 Å². The van der Waals surface area contributed by atoms with Crippen LogP contribution in [0.4, 0.5) is 4.39 Å². The van der Waals surface area contributed by atoms with Crippen LogP contribution in [0.15, 0.2) is 42.5 Å². The molecule has 0 unspecified atom stereocenters. The molecule has 1 N–H and O–H groups in total. The average Bonchev–Trinajstić information content (AvgIpc) is 3.23. The van der Waals surface area contributed by atoms with Gasteiger partial charge in [0.1, 0.15) is 17.2 Å². The molecule has 1 fully saturated rings. The summed E-state index contributed by atoms with van der Waals surface area (Å²) in [5.41, 5.74) is 5.70. The second-order valence-electron chi connectivity index (χ2n) is 8.03. The molecular formula is C22H23FN4O. The topological polar surface area (TPSA) is 54.2 Å². The molecule has 0 amide bonds. The SMILES string of the molecule is Cc1c(-c2ccc3c(c2)CN(C[C@H]2C[C@@H](O)C2)C3)nnn1-c1ccccc1F. The summed E-state index contributed by atoms with van der Waals surface area (Å²) in [5.74, 6) is 0.305. The molecule has 0 spiro atoms. The molecule has 1 aliphatic heterocycles. The summed E-state index contributed by atoms with van der Waals surface area (Å²) >= 11 is 0. The molecule has 0 atom stereocenters. The maximum Gasteiger partial charge on any atom is 0.148 e. The van der Waals surface area contributed by atoms with E-state index >= 15 is 0 Å². The third-order valence-corrected chi connectivity index (χ3v) is 5.97. The van der Waals surface area contributed by atoms with Crippen LogP contribution < -0.4 is 0 Å². The standard InChI is InChI=1S/C22H23FN4O/c1-14-22(24-25-27(14)21-5-3-2-4-20(21)23)16-6-7-17-12-26(13-18(17)10-16)11-15-8-19(28)9-15/h2-7,10,15,19,28H,8-9,11-13H2,1H3/t15-,19+. The highest BCUT2D eigenvalue weighted by atomic mass is 19.1. The van der Waals surface area contributed by atoms with Crippen LogP contribution in [0.1, 0.15) is 29.7 Å². The maximum atomic E-state index is 14.1. The van der Waals surface area contributed by atoms with Crippen molar-refractivity contribution >= 4 is 0 Å². The van der Waals surface area contributed by atoms with Crippen molar-refractivity contribution in [1.82, 2.24) is 19.9 Å². The van der Waals surface area contributed by atoms with Crippen LogP contribution in [0.3, 0.4) is 0 Å². The van der Waals surface area contributed by atoms with Gasteiger partial charge in [-0.3, -0.25) is 4.90 Å². The summed E-state index contributed by atoms with van der Waals surface area (Å²) in [6.45, 7) is 4.85. The molecule has 2 heterocycles. The summed E-state index contributed by atoms with van der Waals surface area (Å²) in [7, 11) is 0. The van der Waals surface area contributed by atoms with Crippen molar-refractivity contribution in [3.8, 4) is 16.9 Å². The van der Waals surface area contributed by atoms with E-state index in [1.165, 1.54) is 17.2 Å². The Kier molecular flexibility index (Phi) is 4.25. The van der Waals surface area contributed by atoms with E-state index in [0.29, 0.717) is 11.6 Å². The van der Waals surface area contributed by atoms with E-state index < -0.39 is 0 Å². The van der Waals surface area contributed by atoms with Crippen molar-refractivity contribution in [1.29, 1.82) is 0 Å². The zero-order valence-corrected chi connectivity index (χ0v) is 15.8. The number of fused-ring (bicyclic) bond motifs is 1. The Labute approximate surface area is 163 Å². The van der Waals surface area contributed by atoms with E-state index in [-0.39, 0.29) is 11.9 Å². The van der Waals surface area contributed by atoms with Gasteiger partial charge in [-0.25, -0.2) is 9.07 Å². The number of halogens is 1. The highest BCUT2D eigenvalue weighted by Crippen LogP contribution is 2.33. The quantitative estimate of drug-likeness (QED) is 0.755. The first kappa shape index (κ1) is 17.5. The zero-order valence-electron chi connectivity index (χ0n) is 15.8. The number of benzene rings is 2. The molecule has 2 aliphatic rings. The van der Waals surface area contributed by atoms with Gasteiger partial charge in [0.15, 0.2) is 0 Å². The van der Waals surface area contributed by atoms with Crippen molar-refractivity contribution in [3.63, 3.8) is 0 Å². The van der Waals surface area contributed by atoms with Crippen molar-refractivity contribution < 1.29 is 9.50 Å². The Hall–Kier alpha value is -2.57. The van der Waals surface area contributed by atoms with Gasteiger partial charge in [-0.2, -0.15) is 0 Å². The fourth-order valence-electron chi connectivity index (χ4n) is 4.40. The van der Waals surface area contributed by atoms with Crippen LogP contribution in [0.25, 0.3) is 16.9 Å². The third-order valence-electron chi connectivity index (χ3n) is 5.97. The van der Waals surface area contributed by atoms with Crippen LogP contribution >= 0.6 is 0 Å². The Bertz CT molecular complexity index is 1030. The first-order valence-electron chi connectivity index (χ1n) is 9.78. The van der Waals surface area contributed by atoms with E-state index in [2.05, 4.69) is 33.4 Å². The molecule has 5 nitrogen and oxygen atoms in total. The van der Waals surface area contributed by atoms with Gasteiger partial charge in [0.2, 0.25) is 0 Å². The number of para-hydroxylation sites is 1. The number of nitrogens with zero attached hydrogens (tertiary/aromatic N) is 4. The van der Waals surface area contributed by atoms with Crippen molar-refractivity contribution in [2.24, 2.45) is 5.92 Å². The normalized spacial score (nSPS) is 21.5. The van der Waals surface area contributed by atoms with E-state index in [4.69, 9.17) is 0 Å². The smallest absolute Gasteiger partial charge is 0.148 e. The molecule has 6 heteroatoms. The van der Waals surface area contributed by atoms with E-state index in [9.17, 15) is 9.50 Å². The molecule has 2 aromatic carbocycles. The predicted octanol–water partition coefficient (Wildman–Crippen LogP) is 3.47. The number of aromatic nitrogens is 3. The van der Waals surface area contributed by atoms with Gasteiger partial charge in [-0.15, -0.1) is 5.10 Å². The predicted molar refractivity (Wildman–Crippen MR) is 104 cm³/mol. The molecule has 5 rings (SSSR count). The highest BCUT2D eigenvalue weighted by Gasteiger charge is 2.30. The van der Waals surface area contributed by atoms with E-state index in [0.717, 1.165) is 49.4 Å². The Morgan fingerprint density at radius 1 is 1.11 bits per heavy atom. The number of aliphatic hydroxyl groups is 1. The lowest BCUT2D eigenvalue weighted by atomic mass is 9.82. The van der Waals surface area contributed by atoms with Crippen LogP contribution in [0.2, 0.25) is 0 Å². The monoisotopic (exact) mass is 378 g/mol. The third kappa shape index (κ3) is 3.02. The molecule has 0 radical (unpaired) electrons. The first-order valence-corrected chi connectivity index (χ1v) is 9.78. The fraction of sp³-hybridized carbons (Fsp3) is 0.364. The van der Waals surface area contributed by atoms with Gasteiger partial charge in [0, 0.05) is 25.2 Å². The summed E-state index contributed by atoms with van der Waals surface area (Å²) in [6.07, 6.45) is 1.76. The second-order valence-corrected chi connectivity index (χ2v) is 8.03. The van der Waals surface area contributed by atoms with Gasteiger partial charge in [0.05, 0.1) is 11.8 Å². The summed E-state index contributed by atoms with van der Waals surface area (Å²) in [4.78, 5) is 2.45. The Morgan fingerprint density at radius 2 is 1.89 bits per heavy atom. The lowest BCUT2D eigenvalue weighted by Gasteiger charge is -2.34. The molecule has 3 aromatic rings. The summed E-state index contributed by atoms with van der Waals surface area (Å²) in [5, 5.41) is 18.0. The second kappa shape index (κ2) is 6.79. The molecular weight excluding hydrogens is 355 g/mol. The zero-order chi connectivity index (χ0) is 19.3. The van der Waals surface area contributed by atoms with Gasteiger partial charge in [-0.1, -0.05) is 29.5 Å². The van der Waals surface area contributed by atoms with Gasteiger partial charge < -0.3 is 5.11 Å². The molecule has 1 aromatic heterocycles. The Morgan fingerprint density at radius 3 is 2.68 bits per heavy atom. The molecule has 28 heavy (non-hydrogen) atoms. The van der Waals surface area contributed by atoms with Crippen LogP contribution in [-0.4, -0.2) is 37.6 Å². The van der Waals surface area contributed by atoms with Gasteiger partial charge in [-0.05, 0) is 55.0 Å². The minimum Gasteiger partial charge on any atom is -0.393 e. The number of aliphatic hydroxyl groups excluding tert-OH is 1. The first-order chi connectivity index (χ1) is 13.6. The number of hydrogen-bond donors (Lipinski definition) is 1. The molecule has 0 saturated heterocycles. The minimum absolute atomic E-state index is 0.0957. The molecule has 0 bridgehead atoms.